The van der Waals surface area contributed by atoms with Gasteiger partial charge in [0.15, 0.2) is 0 Å². The third kappa shape index (κ3) is 5.83. The molecule has 1 unspecified atom stereocenters. The SMILES string of the molecule is CC(NC(=O)NCCCN1CCOCC1)C(=O)O. The zero-order chi connectivity index (χ0) is 13.4. The Hall–Kier alpha value is -1.34. The summed E-state index contributed by atoms with van der Waals surface area (Å²) in [6, 6.07) is -1.31. The van der Waals surface area contributed by atoms with E-state index >= 15 is 0 Å². The van der Waals surface area contributed by atoms with Crippen LogP contribution < -0.4 is 10.6 Å². The summed E-state index contributed by atoms with van der Waals surface area (Å²) in [5, 5.41) is 13.6. The lowest BCUT2D eigenvalue weighted by atomic mass is 10.3. The summed E-state index contributed by atoms with van der Waals surface area (Å²) >= 11 is 0. The molecule has 7 nitrogen and oxygen atoms in total. The predicted molar refractivity (Wildman–Crippen MR) is 65.5 cm³/mol. The number of carbonyl (C=O) groups is 2. The Bertz CT molecular complexity index is 279. The van der Waals surface area contributed by atoms with Crippen molar-refractivity contribution < 1.29 is 19.4 Å². The number of nitrogens with one attached hydrogen (secondary N) is 2. The highest BCUT2D eigenvalue weighted by atomic mass is 16.5. The predicted octanol–water partition coefficient (Wildman–Crippen LogP) is -0.519. The average Bonchev–Trinajstić information content (AvgIpc) is 2.35. The number of hydrogen-bond donors (Lipinski definition) is 3. The number of hydrogen-bond acceptors (Lipinski definition) is 4. The minimum atomic E-state index is -1.04. The number of carbonyl (C=O) groups excluding carboxylic acids is 1. The molecule has 7 heteroatoms. The molecule has 1 saturated heterocycles. The molecule has 1 aliphatic heterocycles. The van der Waals surface area contributed by atoms with Crippen molar-refractivity contribution in [1.82, 2.24) is 15.5 Å². The van der Waals surface area contributed by atoms with E-state index in [9.17, 15) is 9.59 Å². The Morgan fingerprint density at radius 3 is 2.67 bits per heavy atom. The molecule has 1 heterocycles. The lowest BCUT2D eigenvalue weighted by Crippen LogP contribution is -2.45. The highest BCUT2D eigenvalue weighted by Gasteiger charge is 2.13. The van der Waals surface area contributed by atoms with E-state index in [-0.39, 0.29) is 0 Å². The Balaban J connectivity index is 2.03. The highest BCUT2D eigenvalue weighted by Crippen LogP contribution is 1.97. The zero-order valence-electron chi connectivity index (χ0n) is 10.6. The number of morpholine rings is 1. The number of amides is 2. The van der Waals surface area contributed by atoms with Crippen LogP contribution >= 0.6 is 0 Å². The summed E-state index contributed by atoms with van der Waals surface area (Å²) in [6.07, 6.45) is 0.842. The van der Waals surface area contributed by atoms with Crippen LogP contribution in [-0.2, 0) is 9.53 Å². The topological polar surface area (TPSA) is 90.9 Å². The van der Waals surface area contributed by atoms with E-state index in [4.69, 9.17) is 9.84 Å². The number of carboxylic acids is 1. The van der Waals surface area contributed by atoms with Gasteiger partial charge in [0.25, 0.3) is 0 Å². The van der Waals surface area contributed by atoms with Gasteiger partial charge in [-0.25, -0.2) is 4.79 Å². The minimum Gasteiger partial charge on any atom is -0.480 e. The molecule has 0 aromatic rings. The number of urea groups is 1. The van der Waals surface area contributed by atoms with Crippen LogP contribution in [0.25, 0.3) is 0 Å². The van der Waals surface area contributed by atoms with E-state index in [2.05, 4.69) is 15.5 Å². The lowest BCUT2D eigenvalue weighted by Gasteiger charge is -2.26. The monoisotopic (exact) mass is 259 g/mol. The molecule has 104 valence electrons. The van der Waals surface area contributed by atoms with Gasteiger partial charge in [0.05, 0.1) is 13.2 Å². The van der Waals surface area contributed by atoms with Gasteiger partial charge < -0.3 is 20.5 Å². The quantitative estimate of drug-likeness (QED) is 0.558. The molecule has 0 saturated carbocycles. The van der Waals surface area contributed by atoms with Gasteiger partial charge in [-0.3, -0.25) is 9.69 Å². The van der Waals surface area contributed by atoms with E-state index in [0.29, 0.717) is 6.54 Å². The van der Waals surface area contributed by atoms with Gasteiger partial charge >= 0.3 is 12.0 Å². The van der Waals surface area contributed by atoms with Crippen LogP contribution in [0.3, 0.4) is 0 Å². The van der Waals surface area contributed by atoms with Gasteiger partial charge in [-0.2, -0.15) is 0 Å². The van der Waals surface area contributed by atoms with Gasteiger partial charge in [-0.15, -0.1) is 0 Å². The van der Waals surface area contributed by atoms with Crippen LogP contribution in [0.5, 0.6) is 0 Å². The van der Waals surface area contributed by atoms with Crippen molar-refractivity contribution in [3.63, 3.8) is 0 Å². The first-order valence-corrected chi connectivity index (χ1v) is 6.17. The maximum atomic E-state index is 11.3. The average molecular weight is 259 g/mol. The molecule has 1 aliphatic rings. The molecule has 3 N–H and O–H groups in total. The molecule has 2 amide bonds. The molecule has 0 bridgehead atoms. The molecule has 1 fully saturated rings. The van der Waals surface area contributed by atoms with E-state index in [0.717, 1.165) is 39.3 Å². The first kappa shape index (κ1) is 14.7. The number of rotatable bonds is 6. The van der Waals surface area contributed by atoms with Gasteiger partial charge in [-0.05, 0) is 19.9 Å². The summed E-state index contributed by atoms with van der Waals surface area (Å²) in [5.41, 5.74) is 0. The van der Waals surface area contributed by atoms with Crippen molar-refractivity contribution in [3.8, 4) is 0 Å². The highest BCUT2D eigenvalue weighted by molar-refractivity contribution is 5.82. The third-order valence-electron chi connectivity index (χ3n) is 2.76. The Morgan fingerprint density at radius 2 is 2.06 bits per heavy atom. The molecule has 1 atom stereocenters. The van der Waals surface area contributed by atoms with Gasteiger partial charge in [0.1, 0.15) is 6.04 Å². The molecule has 0 aromatic carbocycles. The van der Waals surface area contributed by atoms with Crippen LogP contribution in [-0.4, -0.2) is 67.4 Å². The minimum absolute atomic E-state index is 0.438. The van der Waals surface area contributed by atoms with Gasteiger partial charge in [0.2, 0.25) is 0 Å². The van der Waals surface area contributed by atoms with Crippen LogP contribution in [0.4, 0.5) is 4.79 Å². The largest absolute Gasteiger partial charge is 0.480 e. The standard InChI is InChI=1S/C11H21N3O4/c1-9(10(15)16)13-11(17)12-3-2-4-14-5-7-18-8-6-14/h9H,2-8H2,1H3,(H,15,16)(H2,12,13,17). The maximum Gasteiger partial charge on any atom is 0.325 e. The first-order chi connectivity index (χ1) is 8.59. The van der Waals surface area contributed by atoms with E-state index in [1.54, 1.807) is 0 Å². The number of carboxylic acid groups (broad SMARTS) is 1. The second-order valence-electron chi connectivity index (χ2n) is 4.27. The molecule has 0 aromatic heterocycles. The molecule has 0 spiro atoms. The van der Waals surface area contributed by atoms with Gasteiger partial charge in [-0.1, -0.05) is 0 Å². The van der Waals surface area contributed by atoms with E-state index in [1.807, 2.05) is 0 Å². The molecule has 1 rings (SSSR count). The summed E-state index contributed by atoms with van der Waals surface area (Å²) < 4.78 is 5.23. The maximum absolute atomic E-state index is 11.3. The zero-order valence-corrected chi connectivity index (χ0v) is 10.6. The molecule has 0 radical (unpaired) electrons. The fourth-order valence-electron chi connectivity index (χ4n) is 1.64. The fraction of sp³-hybridized carbons (Fsp3) is 0.818. The molecular formula is C11H21N3O4. The summed E-state index contributed by atoms with van der Waals surface area (Å²) in [7, 11) is 0. The molecular weight excluding hydrogens is 238 g/mol. The van der Waals surface area contributed by atoms with Crippen molar-refractivity contribution in [2.24, 2.45) is 0 Å². The fourth-order valence-corrected chi connectivity index (χ4v) is 1.64. The molecule has 0 aliphatic carbocycles. The van der Waals surface area contributed by atoms with Crippen LogP contribution in [0.15, 0.2) is 0 Å². The van der Waals surface area contributed by atoms with Crippen molar-refractivity contribution >= 4 is 12.0 Å². The third-order valence-corrected chi connectivity index (χ3v) is 2.76. The summed E-state index contributed by atoms with van der Waals surface area (Å²) in [6.45, 7) is 6.28. The number of ether oxygens (including phenoxy) is 1. The second-order valence-corrected chi connectivity index (χ2v) is 4.27. The molecule has 18 heavy (non-hydrogen) atoms. The normalized spacial score (nSPS) is 18.1. The van der Waals surface area contributed by atoms with Crippen molar-refractivity contribution in [3.05, 3.63) is 0 Å². The van der Waals surface area contributed by atoms with Crippen molar-refractivity contribution in [2.75, 3.05) is 39.4 Å². The number of nitrogens with zero attached hydrogens (tertiary/aromatic N) is 1. The Kier molecular flexibility index (Phi) is 6.45. The van der Waals surface area contributed by atoms with E-state index in [1.165, 1.54) is 6.92 Å². The second kappa shape index (κ2) is 7.88. The van der Waals surface area contributed by atoms with E-state index < -0.39 is 18.0 Å². The summed E-state index contributed by atoms with van der Waals surface area (Å²) in [4.78, 5) is 24.1. The van der Waals surface area contributed by atoms with Crippen LogP contribution in [0, 0.1) is 0 Å². The smallest absolute Gasteiger partial charge is 0.325 e. The Morgan fingerprint density at radius 1 is 1.39 bits per heavy atom. The van der Waals surface area contributed by atoms with Crippen molar-refractivity contribution in [2.45, 2.75) is 19.4 Å². The number of aliphatic carboxylic acids is 1. The van der Waals surface area contributed by atoms with Crippen LogP contribution in [0.2, 0.25) is 0 Å². The lowest BCUT2D eigenvalue weighted by molar-refractivity contribution is -0.138. The van der Waals surface area contributed by atoms with Crippen molar-refractivity contribution in [1.29, 1.82) is 0 Å². The summed E-state index contributed by atoms with van der Waals surface area (Å²) in [5.74, 6) is -1.04. The first-order valence-electron chi connectivity index (χ1n) is 6.17. The van der Waals surface area contributed by atoms with Gasteiger partial charge in [0, 0.05) is 19.6 Å². The van der Waals surface area contributed by atoms with Crippen LogP contribution in [0.1, 0.15) is 13.3 Å². The Labute approximate surface area is 106 Å².